The minimum absolute atomic E-state index is 0.0472. The van der Waals surface area contributed by atoms with Crippen LogP contribution < -0.4 is 9.62 Å². The van der Waals surface area contributed by atoms with E-state index < -0.39 is 10.0 Å². The summed E-state index contributed by atoms with van der Waals surface area (Å²) in [6, 6.07) is 14.9. The van der Waals surface area contributed by atoms with Crippen LogP contribution in [0.25, 0.3) is 0 Å². The molecule has 25 heavy (non-hydrogen) atoms. The number of para-hydroxylation sites is 1. The normalized spacial score (nSPS) is 16.8. The summed E-state index contributed by atoms with van der Waals surface area (Å²) in [6.45, 7) is 0. The fourth-order valence-electron chi connectivity index (χ4n) is 3.26. The second-order valence-corrected chi connectivity index (χ2v) is 8.38. The average Bonchev–Trinajstić information content (AvgIpc) is 2.60. The fourth-order valence-corrected chi connectivity index (χ4v) is 3.78. The molecule has 2 aromatic carbocycles. The van der Waals surface area contributed by atoms with Crippen molar-refractivity contribution in [3.05, 3.63) is 65.2 Å². The van der Waals surface area contributed by atoms with Gasteiger partial charge in [-0.25, -0.2) is 8.42 Å². The third-order valence-corrected chi connectivity index (χ3v) is 5.85. The Morgan fingerprint density at radius 3 is 2.56 bits per heavy atom. The third kappa shape index (κ3) is 3.69. The smallest absolute Gasteiger partial charge is 0.253 e. The molecular weight excluding hydrogens is 336 g/mol. The highest BCUT2D eigenvalue weighted by molar-refractivity contribution is 7.92. The van der Waals surface area contributed by atoms with Crippen LogP contribution in [-0.2, 0) is 16.4 Å². The molecule has 0 fully saturated rings. The first-order valence-corrected chi connectivity index (χ1v) is 10.1. The summed E-state index contributed by atoms with van der Waals surface area (Å²) < 4.78 is 24.8. The van der Waals surface area contributed by atoms with Crippen LogP contribution in [0.5, 0.6) is 0 Å². The van der Waals surface area contributed by atoms with E-state index >= 15 is 0 Å². The van der Waals surface area contributed by atoms with Crippen molar-refractivity contribution in [3.8, 4) is 0 Å². The second-order valence-electron chi connectivity index (χ2n) is 6.36. The average molecular weight is 358 g/mol. The van der Waals surface area contributed by atoms with E-state index in [9.17, 15) is 13.2 Å². The maximum Gasteiger partial charge on any atom is 0.253 e. The SMILES string of the molecule is CN(c1ccccc1C(=O)NC1CCCc2ccccc21)S(C)(=O)=O. The van der Waals surface area contributed by atoms with Crippen LogP contribution >= 0.6 is 0 Å². The highest BCUT2D eigenvalue weighted by Gasteiger charge is 2.24. The lowest BCUT2D eigenvalue weighted by molar-refractivity contribution is 0.0933. The largest absolute Gasteiger partial charge is 0.345 e. The van der Waals surface area contributed by atoms with Gasteiger partial charge in [0.1, 0.15) is 0 Å². The molecule has 2 aromatic rings. The first-order valence-electron chi connectivity index (χ1n) is 8.29. The van der Waals surface area contributed by atoms with E-state index in [-0.39, 0.29) is 11.9 Å². The van der Waals surface area contributed by atoms with Crippen molar-refractivity contribution in [2.24, 2.45) is 0 Å². The lowest BCUT2D eigenvalue weighted by Gasteiger charge is -2.27. The van der Waals surface area contributed by atoms with Gasteiger partial charge in [-0.3, -0.25) is 9.10 Å². The number of sulfonamides is 1. The van der Waals surface area contributed by atoms with Gasteiger partial charge in [0, 0.05) is 7.05 Å². The van der Waals surface area contributed by atoms with Gasteiger partial charge in [-0.15, -0.1) is 0 Å². The van der Waals surface area contributed by atoms with E-state index in [2.05, 4.69) is 11.4 Å². The molecule has 0 aliphatic heterocycles. The number of carbonyl (C=O) groups excluding carboxylic acids is 1. The highest BCUT2D eigenvalue weighted by atomic mass is 32.2. The van der Waals surface area contributed by atoms with Gasteiger partial charge in [0.25, 0.3) is 5.91 Å². The summed E-state index contributed by atoms with van der Waals surface area (Å²) in [5, 5.41) is 3.08. The number of hydrogen-bond donors (Lipinski definition) is 1. The molecule has 0 saturated heterocycles. The molecule has 0 aromatic heterocycles. The molecule has 3 rings (SSSR count). The number of fused-ring (bicyclic) bond motifs is 1. The molecule has 132 valence electrons. The first kappa shape index (κ1) is 17.5. The van der Waals surface area contributed by atoms with E-state index in [0.717, 1.165) is 35.4 Å². The van der Waals surface area contributed by atoms with Crippen molar-refractivity contribution in [1.29, 1.82) is 0 Å². The molecule has 6 heteroatoms. The molecular formula is C19H22N2O3S. The van der Waals surface area contributed by atoms with Crippen molar-refractivity contribution >= 4 is 21.6 Å². The van der Waals surface area contributed by atoms with Crippen LogP contribution in [0.2, 0.25) is 0 Å². The number of nitrogens with zero attached hydrogens (tertiary/aromatic N) is 1. The van der Waals surface area contributed by atoms with Gasteiger partial charge in [-0.1, -0.05) is 36.4 Å². The van der Waals surface area contributed by atoms with E-state index in [1.807, 2.05) is 18.2 Å². The fraction of sp³-hybridized carbons (Fsp3) is 0.316. The predicted octanol–water partition coefficient (Wildman–Crippen LogP) is 2.89. The molecule has 1 aliphatic carbocycles. The van der Waals surface area contributed by atoms with Crippen molar-refractivity contribution in [3.63, 3.8) is 0 Å². The van der Waals surface area contributed by atoms with Crippen LogP contribution in [0.4, 0.5) is 5.69 Å². The molecule has 1 atom stereocenters. The molecule has 0 heterocycles. The summed E-state index contributed by atoms with van der Waals surface area (Å²) in [7, 11) is -1.98. The predicted molar refractivity (Wildman–Crippen MR) is 99.3 cm³/mol. The third-order valence-electron chi connectivity index (χ3n) is 4.66. The molecule has 5 nitrogen and oxygen atoms in total. The summed E-state index contributed by atoms with van der Waals surface area (Å²) in [4.78, 5) is 12.8. The van der Waals surface area contributed by atoms with Gasteiger partial charge in [0.05, 0.1) is 23.5 Å². The highest BCUT2D eigenvalue weighted by Crippen LogP contribution is 2.30. The van der Waals surface area contributed by atoms with Crippen LogP contribution in [0.15, 0.2) is 48.5 Å². The van der Waals surface area contributed by atoms with Gasteiger partial charge >= 0.3 is 0 Å². The molecule has 1 N–H and O–H groups in total. The van der Waals surface area contributed by atoms with Gasteiger partial charge < -0.3 is 5.32 Å². The summed E-state index contributed by atoms with van der Waals surface area (Å²) in [6.07, 6.45) is 4.05. The summed E-state index contributed by atoms with van der Waals surface area (Å²) in [5.41, 5.74) is 3.15. The molecule has 0 spiro atoms. The zero-order valence-electron chi connectivity index (χ0n) is 14.4. The zero-order valence-corrected chi connectivity index (χ0v) is 15.2. The Hall–Kier alpha value is -2.34. The van der Waals surface area contributed by atoms with Crippen LogP contribution in [0.1, 0.15) is 40.4 Å². The standard InChI is InChI=1S/C19H22N2O3S/c1-21(25(2,23)24)18-13-6-5-11-16(18)19(22)20-17-12-7-9-14-8-3-4-10-15(14)17/h3-6,8,10-11,13,17H,7,9,12H2,1-2H3,(H,20,22). The Balaban J connectivity index is 1.89. The van der Waals surface area contributed by atoms with Crippen molar-refractivity contribution in [2.45, 2.75) is 25.3 Å². The Morgan fingerprint density at radius 2 is 1.80 bits per heavy atom. The number of nitrogens with one attached hydrogen (secondary N) is 1. The first-order chi connectivity index (χ1) is 11.9. The van der Waals surface area contributed by atoms with E-state index in [4.69, 9.17) is 0 Å². The van der Waals surface area contributed by atoms with E-state index in [0.29, 0.717) is 11.3 Å². The zero-order chi connectivity index (χ0) is 18.0. The number of aryl methyl sites for hydroxylation is 1. The number of anilines is 1. The Morgan fingerprint density at radius 1 is 1.12 bits per heavy atom. The molecule has 1 amide bonds. The van der Waals surface area contributed by atoms with Crippen molar-refractivity contribution < 1.29 is 13.2 Å². The number of rotatable bonds is 4. The lowest BCUT2D eigenvalue weighted by atomic mass is 9.87. The Labute approximate surface area is 148 Å². The minimum atomic E-state index is -3.44. The van der Waals surface area contributed by atoms with Crippen molar-refractivity contribution in [1.82, 2.24) is 5.32 Å². The topological polar surface area (TPSA) is 66.5 Å². The maximum absolute atomic E-state index is 12.8. The van der Waals surface area contributed by atoms with Gasteiger partial charge in [0.2, 0.25) is 10.0 Å². The van der Waals surface area contributed by atoms with Gasteiger partial charge in [-0.05, 0) is 42.5 Å². The molecule has 0 bridgehead atoms. The van der Waals surface area contributed by atoms with Crippen LogP contribution in [-0.4, -0.2) is 27.6 Å². The van der Waals surface area contributed by atoms with Crippen LogP contribution in [0, 0.1) is 0 Å². The van der Waals surface area contributed by atoms with Crippen LogP contribution in [0.3, 0.4) is 0 Å². The lowest BCUT2D eigenvalue weighted by Crippen LogP contribution is -2.33. The summed E-state index contributed by atoms with van der Waals surface area (Å²) >= 11 is 0. The Bertz CT molecular complexity index is 893. The maximum atomic E-state index is 12.8. The van der Waals surface area contributed by atoms with Gasteiger partial charge in [0.15, 0.2) is 0 Å². The number of amides is 1. The molecule has 1 unspecified atom stereocenters. The summed E-state index contributed by atoms with van der Waals surface area (Å²) in [5.74, 6) is -0.257. The number of carbonyl (C=O) groups is 1. The van der Waals surface area contributed by atoms with Crippen molar-refractivity contribution in [2.75, 3.05) is 17.6 Å². The van der Waals surface area contributed by atoms with E-state index in [1.54, 1.807) is 24.3 Å². The molecule has 1 aliphatic rings. The Kier molecular flexibility index (Phi) is 4.81. The van der Waals surface area contributed by atoms with Gasteiger partial charge in [-0.2, -0.15) is 0 Å². The number of benzene rings is 2. The molecule has 0 radical (unpaired) electrons. The minimum Gasteiger partial charge on any atom is -0.345 e. The number of hydrogen-bond acceptors (Lipinski definition) is 3. The monoisotopic (exact) mass is 358 g/mol. The quantitative estimate of drug-likeness (QED) is 0.914. The molecule has 0 saturated carbocycles. The second kappa shape index (κ2) is 6.88. The van der Waals surface area contributed by atoms with E-state index in [1.165, 1.54) is 12.6 Å².